The van der Waals surface area contributed by atoms with Crippen molar-refractivity contribution >= 4 is 0 Å². The Morgan fingerprint density at radius 2 is 1.90 bits per heavy atom. The number of hydrogen-bond acceptors (Lipinski definition) is 4. The maximum absolute atomic E-state index is 9.09. The van der Waals surface area contributed by atoms with Crippen LogP contribution in [0.25, 0.3) is 11.5 Å². The summed E-state index contributed by atoms with van der Waals surface area (Å²) < 4.78 is 11.1. The number of aliphatic hydroxyl groups excluding tert-OH is 1. The molecular weight excluding hydrogens is 266 g/mol. The fraction of sp³-hybridized carbons (Fsp3) is 0.118. The summed E-state index contributed by atoms with van der Waals surface area (Å²) in [6.45, 7) is 0.324. The number of benzene rings is 2. The highest BCUT2D eigenvalue weighted by Gasteiger charge is 2.06. The summed E-state index contributed by atoms with van der Waals surface area (Å²) in [7, 11) is 0. The lowest BCUT2D eigenvalue weighted by Crippen LogP contribution is -1.96. The van der Waals surface area contributed by atoms with Crippen LogP contribution in [0.1, 0.15) is 11.3 Å². The summed E-state index contributed by atoms with van der Waals surface area (Å²) in [5.41, 5.74) is 2.48. The molecule has 21 heavy (non-hydrogen) atoms. The van der Waals surface area contributed by atoms with Crippen LogP contribution < -0.4 is 4.74 Å². The quantitative estimate of drug-likeness (QED) is 0.778. The first-order valence-corrected chi connectivity index (χ1v) is 6.67. The van der Waals surface area contributed by atoms with Gasteiger partial charge in [-0.25, -0.2) is 4.98 Å². The zero-order valence-electron chi connectivity index (χ0n) is 11.4. The first-order valence-electron chi connectivity index (χ1n) is 6.67. The van der Waals surface area contributed by atoms with Gasteiger partial charge in [-0.15, -0.1) is 0 Å². The van der Waals surface area contributed by atoms with E-state index in [4.69, 9.17) is 14.3 Å². The van der Waals surface area contributed by atoms with E-state index in [1.54, 1.807) is 12.3 Å². The molecule has 3 rings (SSSR count). The van der Waals surface area contributed by atoms with Crippen LogP contribution in [0, 0.1) is 0 Å². The van der Waals surface area contributed by atoms with Crippen LogP contribution >= 0.6 is 0 Å². The van der Waals surface area contributed by atoms with E-state index in [1.165, 1.54) is 0 Å². The lowest BCUT2D eigenvalue weighted by Gasteiger charge is -2.04. The van der Waals surface area contributed by atoms with Crippen molar-refractivity contribution in [3.05, 3.63) is 72.1 Å². The van der Waals surface area contributed by atoms with E-state index in [0.29, 0.717) is 18.2 Å². The van der Waals surface area contributed by atoms with E-state index in [-0.39, 0.29) is 6.61 Å². The summed E-state index contributed by atoms with van der Waals surface area (Å²) in [6, 6.07) is 17.1. The van der Waals surface area contributed by atoms with Crippen LogP contribution in [-0.2, 0) is 13.2 Å². The van der Waals surface area contributed by atoms with Crippen LogP contribution in [0.4, 0.5) is 0 Å². The molecule has 0 aliphatic heterocycles. The molecule has 0 amide bonds. The second-order valence-electron chi connectivity index (χ2n) is 4.60. The predicted molar refractivity (Wildman–Crippen MR) is 78.6 cm³/mol. The van der Waals surface area contributed by atoms with E-state index in [0.717, 1.165) is 16.8 Å². The van der Waals surface area contributed by atoms with Crippen molar-refractivity contribution in [2.45, 2.75) is 13.2 Å². The molecule has 0 bridgehead atoms. The predicted octanol–water partition coefficient (Wildman–Crippen LogP) is 3.41. The lowest BCUT2D eigenvalue weighted by atomic mass is 10.2. The zero-order valence-corrected chi connectivity index (χ0v) is 11.4. The Morgan fingerprint density at radius 1 is 1.05 bits per heavy atom. The number of nitrogens with zero attached hydrogens (tertiary/aromatic N) is 1. The molecule has 1 aromatic heterocycles. The van der Waals surface area contributed by atoms with Crippen molar-refractivity contribution in [3.63, 3.8) is 0 Å². The van der Waals surface area contributed by atoms with E-state index in [1.807, 2.05) is 48.5 Å². The number of ether oxygens (including phenoxy) is 1. The third-order valence-electron chi connectivity index (χ3n) is 3.04. The van der Waals surface area contributed by atoms with Crippen molar-refractivity contribution in [3.8, 4) is 17.2 Å². The standard InChI is InChI=1S/C17H15NO3/c19-10-13-5-4-8-16(9-13)20-11-15-12-21-17(18-15)14-6-2-1-3-7-14/h1-9,12,19H,10-11H2. The summed E-state index contributed by atoms with van der Waals surface area (Å²) in [4.78, 5) is 4.40. The molecule has 0 atom stereocenters. The largest absolute Gasteiger partial charge is 0.487 e. The van der Waals surface area contributed by atoms with Gasteiger partial charge in [0, 0.05) is 5.56 Å². The minimum absolute atomic E-state index is 0.000679. The van der Waals surface area contributed by atoms with Gasteiger partial charge in [0.1, 0.15) is 24.3 Å². The van der Waals surface area contributed by atoms with E-state index >= 15 is 0 Å². The van der Waals surface area contributed by atoms with E-state index in [9.17, 15) is 0 Å². The fourth-order valence-corrected chi connectivity index (χ4v) is 1.98. The first kappa shape index (κ1) is 13.4. The topological polar surface area (TPSA) is 55.5 Å². The van der Waals surface area contributed by atoms with Crippen LogP contribution in [0.3, 0.4) is 0 Å². The van der Waals surface area contributed by atoms with Crippen molar-refractivity contribution < 1.29 is 14.3 Å². The minimum Gasteiger partial charge on any atom is -0.487 e. The minimum atomic E-state index is -0.000679. The molecule has 1 heterocycles. The smallest absolute Gasteiger partial charge is 0.226 e. The number of rotatable bonds is 5. The summed E-state index contributed by atoms with van der Waals surface area (Å²) >= 11 is 0. The molecular formula is C17H15NO3. The van der Waals surface area contributed by atoms with Gasteiger partial charge >= 0.3 is 0 Å². The number of aromatic nitrogens is 1. The molecule has 0 aliphatic carbocycles. The average molecular weight is 281 g/mol. The molecule has 0 radical (unpaired) electrons. The lowest BCUT2D eigenvalue weighted by molar-refractivity contribution is 0.277. The van der Waals surface area contributed by atoms with Crippen LogP contribution in [0.2, 0.25) is 0 Å². The molecule has 4 nitrogen and oxygen atoms in total. The SMILES string of the molecule is OCc1cccc(OCc2coc(-c3ccccc3)n2)c1. The molecule has 1 N–H and O–H groups in total. The molecule has 0 saturated carbocycles. The van der Waals surface area contributed by atoms with Gasteiger partial charge in [0.2, 0.25) is 5.89 Å². The Labute approximate surface area is 122 Å². The molecule has 0 saturated heterocycles. The van der Waals surface area contributed by atoms with Gasteiger partial charge in [0.05, 0.1) is 6.61 Å². The molecule has 106 valence electrons. The normalized spacial score (nSPS) is 10.5. The van der Waals surface area contributed by atoms with E-state index in [2.05, 4.69) is 4.98 Å². The molecule has 3 aromatic rings. The summed E-state index contributed by atoms with van der Waals surface area (Å²) in [5.74, 6) is 1.28. The van der Waals surface area contributed by atoms with Crippen LogP contribution in [0.15, 0.2) is 65.3 Å². The molecule has 4 heteroatoms. The van der Waals surface area contributed by atoms with Crippen molar-refractivity contribution in [2.24, 2.45) is 0 Å². The van der Waals surface area contributed by atoms with Crippen LogP contribution in [-0.4, -0.2) is 10.1 Å². The van der Waals surface area contributed by atoms with Crippen molar-refractivity contribution in [1.29, 1.82) is 0 Å². The highest BCUT2D eigenvalue weighted by Crippen LogP contribution is 2.19. The van der Waals surface area contributed by atoms with Crippen LogP contribution in [0.5, 0.6) is 5.75 Å². The number of aliphatic hydroxyl groups is 1. The van der Waals surface area contributed by atoms with Gasteiger partial charge in [-0.1, -0.05) is 30.3 Å². The zero-order chi connectivity index (χ0) is 14.5. The second kappa shape index (κ2) is 6.24. The highest BCUT2D eigenvalue weighted by atomic mass is 16.5. The maximum Gasteiger partial charge on any atom is 0.226 e. The third kappa shape index (κ3) is 3.30. The Morgan fingerprint density at radius 3 is 2.71 bits per heavy atom. The molecule has 0 unspecified atom stereocenters. The monoisotopic (exact) mass is 281 g/mol. The highest BCUT2D eigenvalue weighted by molar-refractivity contribution is 5.52. The Hall–Kier alpha value is -2.59. The van der Waals surface area contributed by atoms with Crippen molar-refractivity contribution in [1.82, 2.24) is 4.98 Å². The van der Waals surface area contributed by atoms with Gasteiger partial charge in [0.25, 0.3) is 0 Å². The Kier molecular flexibility index (Phi) is 3.98. The number of oxazole rings is 1. The summed E-state index contributed by atoms with van der Waals surface area (Å²) in [6.07, 6.45) is 1.60. The molecule has 0 fully saturated rings. The molecule has 0 spiro atoms. The van der Waals surface area contributed by atoms with Gasteiger partial charge in [0.15, 0.2) is 0 Å². The molecule has 0 aliphatic rings. The maximum atomic E-state index is 9.09. The second-order valence-corrected chi connectivity index (χ2v) is 4.60. The van der Waals surface area contributed by atoms with E-state index < -0.39 is 0 Å². The third-order valence-corrected chi connectivity index (χ3v) is 3.04. The Balaban J connectivity index is 1.67. The van der Waals surface area contributed by atoms with Gasteiger partial charge in [-0.05, 0) is 29.8 Å². The van der Waals surface area contributed by atoms with Gasteiger partial charge in [-0.3, -0.25) is 0 Å². The first-order chi connectivity index (χ1) is 10.3. The molecule has 2 aromatic carbocycles. The fourth-order valence-electron chi connectivity index (χ4n) is 1.98. The van der Waals surface area contributed by atoms with Crippen molar-refractivity contribution in [2.75, 3.05) is 0 Å². The number of hydrogen-bond donors (Lipinski definition) is 1. The van der Waals surface area contributed by atoms with Gasteiger partial charge in [-0.2, -0.15) is 0 Å². The summed E-state index contributed by atoms with van der Waals surface area (Å²) in [5, 5.41) is 9.09. The Bertz CT molecular complexity index is 707. The van der Waals surface area contributed by atoms with Gasteiger partial charge < -0.3 is 14.3 Å². The average Bonchev–Trinajstić information content (AvgIpc) is 3.03.